The van der Waals surface area contributed by atoms with Crippen molar-refractivity contribution in [2.75, 3.05) is 5.32 Å². The maximum absolute atomic E-state index is 12.0. The second-order valence-corrected chi connectivity index (χ2v) is 5.23. The minimum Gasteiger partial charge on any atom is -0.479 e. The number of nitrogens with one attached hydrogen (secondary N) is 2. The molecule has 3 amide bonds. The maximum atomic E-state index is 12.0. The number of benzene rings is 2. The molecule has 0 bridgehead atoms. The van der Waals surface area contributed by atoms with E-state index in [0.29, 0.717) is 11.3 Å². The van der Waals surface area contributed by atoms with Gasteiger partial charge in [0.05, 0.1) is 16.7 Å². The van der Waals surface area contributed by atoms with Crippen molar-refractivity contribution in [3.8, 4) is 11.8 Å². The number of carbonyl (C=O) groups excluding carboxylic acids is 2. The minimum absolute atomic E-state index is 0.211. The summed E-state index contributed by atoms with van der Waals surface area (Å²) in [6.45, 7) is 1.49. The Balaban J connectivity index is 1.92. The van der Waals surface area contributed by atoms with E-state index in [1.807, 2.05) is 12.1 Å². The van der Waals surface area contributed by atoms with Gasteiger partial charge in [-0.15, -0.1) is 0 Å². The molecule has 2 N–H and O–H groups in total. The molecule has 2 aromatic rings. The lowest BCUT2D eigenvalue weighted by atomic mass is 10.2. The summed E-state index contributed by atoms with van der Waals surface area (Å²) in [6.07, 6.45) is -0.947. The molecule has 24 heavy (non-hydrogen) atoms. The third kappa shape index (κ3) is 4.73. The number of carbonyl (C=O) groups is 2. The highest BCUT2D eigenvalue weighted by molar-refractivity contribution is 6.32. The van der Waals surface area contributed by atoms with Crippen molar-refractivity contribution in [2.45, 2.75) is 13.0 Å². The van der Waals surface area contributed by atoms with Crippen LogP contribution in [0.2, 0.25) is 5.02 Å². The molecule has 0 spiro atoms. The summed E-state index contributed by atoms with van der Waals surface area (Å²) >= 11 is 5.98. The fraction of sp³-hybridized carbons (Fsp3) is 0.118. The van der Waals surface area contributed by atoms with Crippen LogP contribution in [0.1, 0.15) is 12.5 Å². The lowest BCUT2D eigenvalue weighted by Gasteiger charge is -2.15. The van der Waals surface area contributed by atoms with Gasteiger partial charge in [-0.3, -0.25) is 10.1 Å². The number of nitriles is 1. The maximum Gasteiger partial charge on any atom is 0.325 e. The molecule has 1 atom stereocenters. The molecule has 0 unspecified atom stereocenters. The topological polar surface area (TPSA) is 91.2 Å². The van der Waals surface area contributed by atoms with E-state index in [-0.39, 0.29) is 10.8 Å². The fourth-order valence-corrected chi connectivity index (χ4v) is 2.03. The normalized spacial score (nSPS) is 11.0. The molecule has 0 heterocycles. The van der Waals surface area contributed by atoms with Crippen molar-refractivity contribution in [1.82, 2.24) is 5.32 Å². The van der Waals surface area contributed by atoms with Gasteiger partial charge < -0.3 is 10.1 Å². The minimum atomic E-state index is -0.947. The highest BCUT2D eigenvalue weighted by Crippen LogP contribution is 2.26. The highest BCUT2D eigenvalue weighted by atomic mass is 35.5. The van der Waals surface area contributed by atoms with E-state index >= 15 is 0 Å². The van der Waals surface area contributed by atoms with Crippen LogP contribution in [-0.2, 0) is 4.79 Å². The summed E-state index contributed by atoms with van der Waals surface area (Å²) in [7, 11) is 0. The first-order valence-electron chi connectivity index (χ1n) is 7.03. The number of halogens is 1. The van der Waals surface area contributed by atoms with Crippen molar-refractivity contribution < 1.29 is 14.3 Å². The fourth-order valence-electron chi connectivity index (χ4n) is 1.81. The number of nitrogens with zero attached hydrogens (tertiary/aromatic N) is 1. The van der Waals surface area contributed by atoms with Crippen LogP contribution in [0, 0.1) is 11.3 Å². The average Bonchev–Trinajstić information content (AvgIpc) is 2.57. The zero-order valence-corrected chi connectivity index (χ0v) is 13.5. The van der Waals surface area contributed by atoms with Crippen LogP contribution in [0.25, 0.3) is 0 Å². The molecule has 0 aliphatic heterocycles. The predicted molar refractivity (Wildman–Crippen MR) is 89.9 cm³/mol. The second-order valence-electron chi connectivity index (χ2n) is 4.83. The van der Waals surface area contributed by atoms with Crippen LogP contribution < -0.4 is 15.4 Å². The van der Waals surface area contributed by atoms with E-state index in [1.54, 1.807) is 24.3 Å². The van der Waals surface area contributed by atoms with Gasteiger partial charge >= 0.3 is 6.03 Å². The number of ether oxygens (including phenoxy) is 1. The summed E-state index contributed by atoms with van der Waals surface area (Å²) < 4.78 is 5.42. The zero-order valence-electron chi connectivity index (χ0n) is 12.7. The van der Waals surface area contributed by atoms with Crippen molar-refractivity contribution in [1.29, 1.82) is 5.26 Å². The molecule has 7 heteroatoms. The Bertz CT molecular complexity index is 787. The lowest BCUT2D eigenvalue weighted by molar-refractivity contribution is -0.126. The molecular formula is C17H14ClN3O3. The molecule has 0 saturated carbocycles. The van der Waals surface area contributed by atoms with Crippen LogP contribution in [0.15, 0.2) is 48.5 Å². The van der Waals surface area contributed by atoms with Crippen LogP contribution in [0.4, 0.5) is 10.5 Å². The van der Waals surface area contributed by atoms with Gasteiger partial charge in [0, 0.05) is 5.69 Å². The second kappa shape index (κ2) is 7.99. The number of anilines is 1. The molecule has 0 fully saturated rings. The first-order valence-corrected chi connectivity index (χ1v) is 7.40. The Morgan fingerprint density at radius 2 is 1.92 bits per heavy atom. The summed E-state index contributed by atoms with van der Waals surface area (Å²) in [5.41, 5.74) is 0.943. The SMILES string of the molecule is C[C@H](Oc1ccc(C#N)cc1Cl)C(=O)NC(=O)Nc1ccccc1. The molecular weight excluding hydrogens is 330 g/mol. The number of rotatable bonds is 4. The first kappa shape index (κ1) is 17.3. The number of para-hydroxylation sites is 1. The molecule has 2 rings (SSSR count). The summed E-state index contributed by atoms with van der Waals surface area (Å²) in [4.78, 5) is 23.8. The van der Waals surface area contributed by atoms with E-state index in [4.69, 9.17) is 21.6 Å². The summed E-state index contributed by atoms with van der Waals surface area (Å²) in [5.74, 6) is -0.370. The van der Waals surface area contributed by atoms with Crippen LogP contribution in [0.3, 0.4) is 0 Å². The molecule has 0 aliphatic carbocycles. The van der Waals surface area contributed by atoms with Crippen LogP contribution in [0.5, 0.6) is 5.75 Å². The molecule has 0 aliphatic rings. The van der Waals surface area contributed by atoms with E-state index in [1.165, 1.54) is 25.1 Å². The summed E-state index contributed by atoms with van der Waals surface area (Å²) in [6, 6.07) is 14.5. The number of hydrogen-bond donors (Lipinski definition) is 2. The lowest BCUT2D eigenvalue weighted by Crippen LogP contribution is -2.42. The van der Waals surface area contributed by atoms with Crippen LogP contribution in [-0.4, -0.2) is 18.0 Å². The van der Waals surface area contributed by atoms with Gasteiger partial charge in [0.2, 0.25) is 0 Å². The third-order valence-electron chi connectivity index (χ3n) is 3.00. The van der Waals surface area contributed by atoms with Gasteiger partial charge in [-0.05, 0) is 37.3 Å². The Morgan fingerprint density at radius 3 is 2.54 bits per heavy atom. The monoisotopic (exact) mass is 343 g/mol. The number of imide groups is 1. The molecule has 6 nitrogen and oxygen atoms in total. The van der Waals surface area contributed by atoms with Gasteiger partial charge in [0.1, 0.15) is 5.75 Å². The average molecular weight is 344 g/mol. The smallest absolute Gasteiger partial charge is 0.325 e. The van der Waals surface area contributed by atoms with Crippen molar-refractivity contribution >= 4 is 29.2 Å². The highest BCUT2D eigenvalue weighted by Gasteiger charge is 2.18. The molecule has 122 valence electrons. The predicted octanol–water partition coefficient (Wildman–Crippen LogP) is 3.33. The van der Waals surface area contributed by atoms with Crippen molar-refractivity contribution in [3.05, 3.63) is 59.1 Å². The Hall–Kier alpha value is -3.04. The van der Waals surface area contributed by atoms with Gasteiger partial charge in [-0.2, -0.15) is 5.26 Å². The third-order valence-corrected chi connectivity index (χ3v) is 3.30. The van der Waals surface area contributed by atoms with E-state index in [2.05, 4.69) is 10.6 Å². The van der Waals surface area contributed by atoms with Gasteiger partial charge in [-0.25, -0.2) is 4.79 Å². The quantitative estimate of drug-likeness (QED) is 0.890. The standard InChI is InChI=1S/C17H14ClN3O3/c1-11(24-15-8-7-12(10-19)9-14(15)18)16(22)21-17(23)20-13-5-3-2-4-6-13/h2-9,11H,1H3,(H2,20,21,22,23)/t11-/m0/s1. The summed E-state index contributed by atoms with van der Waals surface area (Å²) in [5, 5.41) is 13.7. The van der Waals surface area contributed by atoms with E-state index in [0.717, 1.165) is 0 Å². The first-order chi connectivity index (χ1) is 11.5. The van der Waals surface area contributed by atoms with Gasteiger partial charge in [0.25, 0.3) is 5.91 Å². The Morgan fingerprint density at radius 1 is 1.21 bits per heavy atom. The van der Waals surface area contributed by atoms with E-state index < -0.39 is 18.0 Å². The van der Waals surface area contributed by atoms with Crippen molar-refractivity contribution in [2.24, 2.45) is 0 Å². The molecule has 0 radical (unpaired) electrons. The Labute approximate surface area is 144 Å². The number of hydrogen-bond acceptors (Lipinski definition) is 4. The molecule has 0 aromatic heterocycles. The number of urea groups is 1. The number of amides is 3. The Kier molecular flexibility index (Phi) is 5.77. The van der Waals surface area contributed by atoms with E-state index in [9.17, 15) is 9.59 Å². The van der Waals surface area contributed by atoms with Gasteiger partial charge in [0.15, 0.2) is 6.10 Å². The van der Waals surface area contributed by atoms with Crippen molar-refractivity contribution in [3.63, 3.8) is 0 Å². The van der Waals surface area contributed by atoms with Crippen LogP contribution >= 0.6 is 11.6 Å². The largest absolute Gasteiger partial charge is 0.479 e. The zero-order chi connectivity index (χ0) is 17.5. The van der Waals surface area contributed by atoms with Gasteiger partial charge in [-0.1, -0.05) is 29.8 Å². The molecule has 2 aromatic carbocycles. The molecule has 0 saturated heterocycles.